The molecule has 0 saturated heterocycles. The van der Waals surface area contributed by atoms with Crippen molar-refractivity contribution in [2.24, 2.45) is 5.10 Å². The van der Waals surface area contributed by atoms with E-state index in [0.29, 0.717) is 29.3 Å². The van der Waals surface area contributed by atoms with Crippen LogP contribution >= 0.6 is 0 Å². The van der Waals surface area contributed by atoms with Crippen molar-refractivity contribution in [2.75, 3.05) is 23.8 Å². The molecule has 0 radical (unpaired) electrons. The van der Waals surface area contributed by atoms with E-state index in [1.54, 1.807) is 60.7 Å². The number of carbonyl (C=O) groups excluding carboxylic acids is 3. The van der Waals surface area contributed by atoms with Gasteiger partial charge in [-0.15, -0.1) is 0 Å². The number of ether oxygens (including phenoxy) is 2. The molecule has 36 heavy (non-hydrogen) atoms. The molecule has 0 aliphatic heterocycles. The number of hydrazone groups is 1. The Morgan fingerprint density at radius 2 is 1.33 bits per heavy atom. The lowest BCUT2D eigenvalue weighted by Crippen LogP contribution is -2.32. The summed E-state index contributed by atoms with van der Waals surface area (Å²) in [5.41, 5.74) is 5.15. The Bertz CT molecular complexity index is 1190. The number of nitrogens with zero attached hydrogens (tertiary/aromatic N) is 1. The van der Waals surface area contributed by atoms with Crippen molar-refractivity contribution in [3.8, 4) is 11.5 Å². The van der Waals surface area contributed by atoms with Crippen LogP contribution in [0.2, 0.25) is 0 Å². The van der Waals surface area contributed by atoms with E-state index >= 15 is 0 Å². The zero-order valence-corrected chi connectivity index (χ0v) is 20.1. The van der Waals surface area contributed by atoms with Gasteiger partial charge in [-0.2, -0.15) is 5.10 Å². The highest BCUT2D eigenvalue weighted by Crippen LogP contribution is 2.16. The van der Waals surface area contributed by atoms with Gasteiger partial charge in [0.05, 0.1) is 12.8 Å². The van der Waals surface area contributed by atoms with Gasteiger partial charge < -0.3 is 20.1 Å². The van der Waals surface area contributed by atoms with Gasteiger partial charge in [0.1, 0.15) is 11.5 Å². The number of hydrogen-bond acceptors (Lipinski definition) is 6. The number of rotatable bonds is 10. The Balaban J connectivity index is 1.40. The zero-order chi connectivity index (χ0) is 25.8. The lowest BCUT2D eigenvalue weighted by atomic mass is 10.1. The van der Waals surface area contributed by atoms with Crippen LogP contribution in [0.25, 0.3) is 0 Å². The number of carbonyl (C=O) groups is 3. The molecule has 0 fully saturated rings. The highest BCUT2D eigenvalue weighted by atomic mass is 16.5. The topological polar surface area (TPSA) is 118 Å². The summed E-state index contributed by atoms with van der Waals surface area (Å²) in [5, 5.41) is 9.06. The van der Waals surface area contributed by atoms with E-state index in [4.69, 9.17) is 9.47 Å². The Labute approximate surface area is 209 Å². The molecular formula is C27H28N4O5. The van der Waals surface area contributed by atoms with Crippen molar-refractivity contribution in [1.82, 2.24) is 5.43 Å². The number of nitrogens with one attached hydrogen (secondary N) is 3. The van der Waals surface area contributed by atoms with Crippen LogP contribution in [0.4, 0.5) is 11.4 Å². The summed E-state index contributed by atoms with van der Waals surface area (Å²) in [6, 6.07) is 21.0. The lowest BCUT2D eigenvalue weighted by molar-refractivity contribution is -0.136. The van der Waals surface area contributed by atoms with Crippen LogP contribution in [-0.2, 0) is 20.8 Å². The average Bonchev–Trinajstić information content (AvgIpc) is 2.90. The van der Waals surface area contributed by atoms with Gasteiger partial charge in [-0.3, -0.25) is 14.4 Å². The van der Waals surface area contributed by atoms with Crippen molar-refractivity contribution < 1.29 is 23.9 Å². The molecule has 3 amide bonds. The second-order valence-corrected chi connectivity index (χ2v) is 7.57. The summed E-state index contributed by atoms with van der Waals surface area (Å²) in [5.74, 6) is -0.776. The van der Waals surface area contributed by atoms with Crippen LogP contribution in [0.15, 0.2) is 77.9 Å². The van der Waals surface area contributed by atoms with E-state index in [0.717, 1.165) is 17.7 Å². The van der Waals surface area contributed by atoms with Crippen LogP contribution < -0.4 is 25.5 Å². The maximum atomic E-state index is 12.1. The maximum Gasteiger partial charge on any atom is 0.329 e. The largest absolute Gasteiger partial charge is 0.494 e. The first-order chi connectivity index (χ1) is 17.5. The number of benzene rings is 3. The molecule has 0 saturated carbocycles. The maximum absolute atomic E-state index is 12.1. The van der Waals surface area contributed by atoms with Crippen molar-refractivity contribution in [3.63, 3.8) is 0 Å². The minimum atomic E-state index is -0.885. The minimum Gasteiger partial charge on any atom is -0.494 e. The standard InChI is InChI=1S/C27H28N4O5/c1-3-19-5-9-22(10-6-19)30-26(33)27(34)31-28-17-20-7-13-24(14-8-20)36-18-25(32)29-21-11-15-23(16-12-21)35-4-2/h5-17H,3-4,18H2,1-2H3,(H,29,32)(H,30,33)(H,31,34)/b28-17-. The Kier molecular flexibility index (Phi) is 9.58. The predicted molar refractivity (Wildman–Crippen MR) is 138 cm³/mol. The summed E-state index contributed by atoms with van der Waals surface area (Å²) in [6.45, 7) is 4.35. The summed E-state index contributed by atoms with van der Waals surface area (Å²) in [4.78, 5) is 36.0. The lowest BCUT2D eigenvalue weighted by Gasteiger charge is -2.09. The Hall–Kier alpha value is -4.66. The molecular weight excluding hydrogens is 460 g/mol. The second kappa shape index (κ2) is 13.3. The molecule has 3 aromatic rings. The monoisotopic (exact) mass is 488 g/mol. The van der Waals surface area contributed by atoms with Crippen molar-refractivity contribution >= 4 is 35.3 Å². The Morgan fingerprint density at radius 3 is 1.97 bits per heavy atom. The molecule has 0 bridgehead atoms. The van der Waals surface area contributed by atoms with Crippen molar-refractivity contribution in [3.05, 3.63) is 83.9 Å². The molecule has 3 N–H and O–H groups in total. The molecule has 3 rings (SSSR count). The predicted octanol–water partition coefficient (Wildman–Crippen LogP) is 3.75. The van der Waals surface area contributed by atoms with E-state index in [-0.39, 0.29) is 12.5 Å². The third-order valence-electron chi connectivity index (χ3n) is 4.91. The molecule has 9 heteroatoms. The Morgan fingerprint density at radius 1 is 0.750 bits per heavy atom. The third kappa shape index (κ3) is 8.28. The van der Waals surface area contributed by atoms with Crippen molar-refractivity contribution in [2.45, 2.75) is 20.3 Å². The first-order valence-electron chi connectivity index (χ1n) is 11.5. The SMILES string of the molecule is CCOc1ccc(NC(=O)COc2ccc(/C=N\NC(=O)C(=O)Nc3ccc(CC)cc3)cc2)cc1. The number of aryl methyl sites for hydroxylation is 1. The fraction of sp³-hybridized carbons (Fsp3) is 0.185. The first kappa shape index (κ1) is 26.0. The van der Waals surface area contributed by atoms with Crippen molar-refractivity contribution in [1.29, 1.82) is 0 Å². The molecule has 9 nitrogen and oxygen atoms in total. The number of anilines is 2. The van der Waals surface area contributed by atoms with Gasteiger partial charge in [0.15, 0.2) is 6.61 Å². The molecule has 0 aliphatic carbocycles. The fourth-order valence-electron chi connectivity index (χ4n) is 3.03. The van der Waals surface area contributed by atoms with Crippen LogP contribution in [0.5, 0.6) is 11.5 Å². The first-order valence-corrected chi connectivity index (χ1v) is 11.5. The molecule has 0 heterocycles. The number of hydrogen-bond donors (Lipinski definition) is 3. The van der Waals surface area contributed by atoms with Gasteiger partial charge in [-0.05, 0) is 85.1 Å². The van der Waals surface area contributed by atoms with Crippen LogP contribution in [0, 0.1) is 0 Å². The minimum absolute atomic E-state index is 0.160. The van der Waals surface area contributed by atoms with Gasteiger partial charge in [-0.25, -0.2) is 5.43 Å². The van der Waals surface area contributed by atoms with Crippen LogP contribution in [-0.4, -0.2) is 37.1 Å². The smallest absolute Gasteiger partial charge is 0.329 e. The van der Waals surface area contributed by atoms with E-state index in [1.807, 2.05) is 26.0 Å². The fourth-order valence-corrected chi connectivity index (χ4v) is 3.03. The van der Waals surface area contributed by atoms with Gasteiger partial charge in [0.25, 0.3) is 5.91 Å². The molecule has 3 aromatic carbocycles. The molecule has 0 aromatic heterocycles. The average molecular weight is 489 g/mol. The molecule has 0 spiro atoms. The molecule has 0 aliphatic rings. The molecule has 186 valence electrons. The van der Waals surface area contributed by atoms with Gasteiger partial charge in [0, 0.05) is 11.4 Å². The highest BCUT2D eigenvalue weighted by Gasteiger charge is 2.12. The zero-order valence-electron chi connectivity index (χ0n) is 20.1. The quantitative estimate of drug-likeness (QED) is 0.228. The van der Waals surface area contributed by atoms with Gasteiger partial charge in [0.2, 0.25) is 0 Å². The summed E-state index contributed by atoms with van der Waals surface area (Å²) >= 11 is 0. The van der Waals surface area contributed by atoms with E-state index in [9.17, 15) is 14.4 Å². The van der Waals surface area contributed by atoms with Gasteiger partial charge >= 0.3 is 11.8 Å². The van der Waals surface area contributed by atoms with Gasteiger partial charge in [-0.1, -0.05) is 19.1 Å². The number of amides is 3. The van der Waals surface area contributed by atoms with E-state index in [2.05, 4.69) is 21.2 Å². The van der Waals surface area contributed by atoms with E-state index in [1.165, 1.54) is 6.21 Å². The summed E-state index contributed by atoms with van der Waals surface area (Å²) in [6.07, 6.45) is 2.28. The normalized spacial score (nSPS) is 10.5. The molecule has 0 unspecified atom stereocenters. The second-order valence-electron chi connectivity index (χ2n) is 7.57. The molecule has 0 atom stereocenters. The highest BCUT2D eigenvalue weighted by molar-refractivity contribution is 6.39. The van der Waals surface area contributed by atoms with Crippen LogP contribution in [0.3, 0.4) is 0 Å². The summed E-state index contributed by atoms with van der Waals surface area (Å²) < 4.78 is 10.9. The third-order valence-corrected chi connectivity index (χ3v) is 4.91. The van der Waals surface area contributed by atoms with E-state index < -0.39 is 11.8 Å². The summed E-state index contributed by atoms with van der Waals surface area (Å²) in [7, 11) is 0. The van der Waals surface area contributed by atoms with Crippen LogP contribution in [0.1, 0.15) is 25.0 Å².